The van der Waals surface area contributed by atoms with Gasteiger partial charge < -0.3 is 9.80 Å². The zero-order valence-corrected chi connectivity index (χ0v) is 10.1. The van der Waals surface area contributed by atoms with E-state index >= 15 is 0 Å². The number of carbonyl (C=O) groups excluding carboxylic acids is 1. The summed E-state index contributed by atoms with van der Waals surface area (Å²) in [5.74, 6) is 0.615. The van der Waals surface area contributed by atoms with Crippen LogP contribution in [0.3, 0.4) is 0 Å². The lowest BCUT2D eigenvalue weighted by Gasteiger charge is -2.18. The van der Waals surface area contributed by atoms with Gasteiger partial charge in [-0.2, -0.15) is 5.26 Å². The molecule has 0 bridgehead atoms. The molecule has 0 unspecified atom stereocenters. The van der Waals surface area contributed by atoms with Crippen LogP contribution in [0.2, 0.25) is 5.02 Å². The largest absolute Gasteiger partial charge is 0.328 e. The van der Waals surface area contributed by atoms with Crippen LogP contribution in [0.5, 0.6) is 0 Å². The van der Waals surface area contributed by atoms with E-state index in [0.29, 0.717) is 29.6 Å². The Kier molecular flexibility index (Phi) is 3.16. The summed E-state index contributed by atoms with van der Waals surface area (Å²) in [5.41, 5.74) is 0.414. The second kappa shape index (κ2) is 4.60. The van der Waals surface area contributed by atoms with E-state index in [4.69, 9.17) is 16.9 Å². The van der Waals surface area contributed by atoms with E-state index in [1.54, 1.807) is 15.9 Å². The van der Waals surface area contributed by atoms with Crippen molar-refractivity contribution in [2.75, 3.05) is 24.7 Å². The number of nitrogens with zero attached hydrogens (tertiary/aromatic N) is 4. The van der Waals surface area contributed by atoms with Crippen LogP contribution < -0.4 is 4.90 Å². The van der Waals surface area contributed by atoms with Crippen LogP contribution in [0, 0.1) is 11.3 Å². The third-order valence-electron chi connectivity index (χ3n) is 2.65. The van der Waals surface area contributed by atoms with E-state index in [1.165, 1.54) is 6.20 Å². The van der Waals surface area contributed by atoms with Crippen LogP contribution in [-0.2, 0) is 4.79 Å². The smallest absolute Gasteiger partial charge is 0.243 e. The molecular weight excluding hydrogens is 240 g/mol. The fraction of sp³-hybridized carbons (Fsp3) is 0.364. The summed E-state index contributed by atoms with van der Waals surface area (Å²) in [6.45, 7) is 3.37. The van der Waals surface area contributed by atoms with E-state index in [1.807, 2.05) is 13.0 Å². The fourth-order valence-corrected chi connectivity index (χ4v) is 2.03. The summed E-state index contributed by atoms with van der Waals surface area (Å²) in [7, 11) is 0. The minimum Gasteiger partial charge on any atom is -0.328 e. The lowest BCUT2D eigenvalue weighted by atomic mass is 10.3. The van der Waals surface area contributed by atoms with E-state index < -0.39 is 0 Å². The predicted octanol–water partition coefficient (Wildman–Crippen LogP) is 1.23. The van der Waals surface area contributed by atoms with Crippen molar-refractivity contribution in [3.63, 3.8) is 0 Å². The highest BCUT2D eigenvalue weighted by Gasteiger charge is 2.28. The topological polar surface area (TPSA) is 60.2 Å². The van der Waals surface area contributed by atoms with Crippen LogP contribution in [0.1, 0.15) is 12.5 Å². The number of hydrogen-bond acceptors (Lipinski definition) is 4. The molecule has 1 aliphatic rings. The Hall–Kier alpha value is -1.80. The summed E-state index contributed by atoms with van der Waals surface area (Å²) >= 11 is 6.04. The zero-order valence-electron chi connectivity index (χ0n) is 9.35. The molecule has 1 aromatic rings. The van der Waals surface area contributed by atoms with Crippen molar-refractivity contribution in [3.05, 3.63) is 22.8 Å². The molecule has 2 rings (SSSR count). The molecule has 0 atom stereocenters. The Morgan fingerprint density at radius 2 is 2.41 bits per heavy atom. The van der Waals surface area contributed by atoms with Crippen molar-refractivity contribution in [3.8, 4) is 6.07 Å². The summed E-state index contributed by atoms with van der Waals surface area (Å²) in [5, 5.41) is 9.11. The van der Waals surface area contributed by atoms with Gasteiger partial charge in [-0.05, 0) is 13.0 Å². The molecule has 1 saturated heterocycles. The van der Waals surface area contributed by atoms with Crippen molar-refractivity contribution in [1.29, 1.82) is 5.26 Å². The molecular formula is C11H11ClN4O. The highest BCUT2D eigenvalue weighted by molar-refractivity contribution is 6.33. The number of carbonyl (C=O) groups is 1. The first-order valence-corrected chi connectivity index (χ1v) is 5.62. The van der Waals surface area contributed by atoms with Gasteiger partial charge in [0, 0.05) is 12.7 Å². The maximum Gasteiger partial charge on any atom is 0.243 e. The molecule has 2 heterocycles. The Morgan fingerprint density at radius 1 is 1.65 bits per heavy atom. The lowest BCUT2D eigenvalue weighted by Crippen LogP contribution is -2.27. The third-order valence-corrected chi connectivity index (χ3v) is 2.93. The number of aromatic nitrogens is 1. The predicted molar refractivity (Wildman–Crippen MR) is 63.6 cm³/mol. The van der Waals surface area contributed by atoms with Crippen LogP contribution in [-0.4, -0.2) is 35.5 Å². The minimum atomic E-state index is 0.0646. The van der Waals surface area contributed by atoms with Crippen LogP contribution in [0.15, 0.2) is 12.3 Å². The molecule has 17 heavy (non-hydrogen) atoms. The SMILES string of the molecule is CCN1CN(c2ncc(C#N)cc2Cl)CC1=O. The Morgan fingerprint density at radius 3 is 2.94 bits per heavy atom. The van der Waals surface area contributed by atoms with Crippen molar-refractivity contribution in [2.45, 2.75) is 6.92 Å². The van der Waals surface area contributed by atoms with E-state index in [2.05, 4.69) is 4.98 Å². The molecule has 88 valence electrons. The van der Waals surface area contributed by atoms with Gasteiger partial charge in [-0.1, -0.05) is 11.6 Å². The quantitative estimate of drug-likeness (QED) is 0.792. The summed E-state index contributed by atoms with van der Waals surface area (Å²) < 4.78 is 0. The molecule has 0 aliphatic carbocycles. The third kappa shape index (κ3) is 2.17. The number of pyridine rings is 1. The first kappa shape index (κ1) is 11.7. The first-order chi connectivity index (χ1) is 8.15. The molecule has 1 amide bonds. The van der Waals surface area contributed by atoms with Crippen molar-refractivity contribution in [2.24, 2.45) is 0 Å². The summed E-state index contributed by atoms with van der Waals surface area (Å²) in [6, 6.07) is 3.53. The minimum absolute atomic E-state index is 0.0646. The molecule has 1 fully saturated rings. The van der Waals surface area contributed by atoms with Crippen LogP contribution in [0.25, 0.3) is 0 Å². The number of likely N-dealkylation sites (N-methyl/N-ethyl adjacent to an activating group) is 1. The van der Waals surface area contributed by atoms with Gasteiger partial charge in [0.25, 0.3) is 0 Å². The van der Waals surface area contributed by atoms with E-state index in [-0.39, 0.29) is 12.5 Å². The highest BCUT2D eigenvalue weighted by Crippen LogP contribution is 2.26. The molecule has 0 radical (unpaired) electrons. The standard InChI is InChI=1S/C11H11ClN4O/c1-2-15-7-16(6-10(15)17)11-9(12)3-8(4-13)5-14-11/h3,5H,2,6-7H2,1H3. The Labute approximate surface area is 104 Å². The van der Waals surface area contributed by atoms with Crippen molar-refractivity contribution in [1.82, 2.24) is 9.88 Å². The average molecular weight is 251 g/mol. The number of rotatable bonds is 2. The fourth-order valence-electron chi connectivity index (χ4n) is 1.74. The van der Waals surface area contributed by atoms with E-state index in [0.717, 1.165) is 0 Å². The second-order valence-corrected chi connectivity index (χ2v) is 4.14. The first-order valence-electron chi connectivity index (χ1n) is 5.24. The van der Waals surface area contributed by atoms with Gasteiger partial charge in [-0.3, -0.25) is 4.79 Å². The molecule has 0 aromatic carbocycles. The Balaban J connectivity index is 2.25. The molecule has 0 N–H and O–H groups in total. The molecule has 0 saturated carbocycles. The van der Waals surface area contributed by atoms with Crippen molar-refractivity contribution < 1.29 is 4.79 Å². The number of nitriles is 1. The number of halogens is 1. The lowest BCUT2D eigenvalue weighted by molar-refractivity contribution is -0.126. The molecule has 5 nitrogen and oxygen atoms in total. The molecule has 1 aromatic heterocycles. The molecule has 1 aliphatic heterocycles. The van der Waals surface area contributed by atoms with Crippen molar-refractivity contribution >= 4 is 23.3 Å². The van der Waals surface area contributed by atoms with Gasteiger partial charge in [0.05, 0.1) is 17.3 Å². The number of hydrogen-bond donors (Lipinski definition) is 0. The maximum atomic E-state index is 11.6. The Bertz CT molecular complexity index is 497. The van der Waals surface area contributed by atoms with Gasteiger partial charge in [0.2, 0.25) is 5.91 Å². The second-order valence-electron chi connectivity index (χ2n) is 3.73. The highest BCUT2D eigenvalue weighted by atomic mass is 35.5. The number of anilines is 1. The molecule has 0 spiro atoms. The number of amides is 1. The normalized spacial score (nSPS) is 15.2. The van der Waals surface area contributed by atoms with Gasteiger partial charge in [0.1, 0.15) is 18.4 Å². The zero-order chi connectivity index (χ0) is 12.4. The van der Waals surface area contributed by atoms with Gasteiger partial charge in [-0.15, -0.1) is 0 Å². The average Bonchev–Trinajstić information content (AvgIpc) is 2.70. The van der Waals surface area contributed by atoms with Gasteiger partial charge in [-0.25, -0.2) is 4.98 Å². The maximum absolute atomic E-state index is 11.6. The van der Waals surface area contributed by atoms with Crippen LogP contribution in [0.4, 0.5) is 5.82 Å². The summed E-state index contributed by atoms with van der Waals surface area (Å²) in [4.78, 5) is 19.2. The van der Waals surface area contributed by atoms with Crippen LogP contribution >= 0.6 is 11.6 Å². The monoisotopic (exact) mass is 250 g/mol. The van der Waals surface area contributed by atoms with Gasteiger partial charge in [0.15, 0.2) is 0 Å². The molecule has 6 heteroatoms. The van der Waals surface area contributed by atoms with Gasteiger partial charge >= 0.3 is 0 Å². The van der Waals surface area contributed by atoms with E-state index in [9.17, 15) is 4.79 Å². The summed E-state index contributed by atoms with van der Waals surface area (Å²) in [6.07, 6.45) is 1.46.